The molecule has 6 atom stereocenters. The second kappa shape index (κ2) is 29.1. The quantitative estimate of drug-likeness (QED) is 0.0765. The molecule has 3 saturated heterocycles. The van der Waals surface area contributed by atoms with Crippen molar-refractivity contribution in [3.05, 3.63) is 87.1 Å². The lowest BCUT2D eigenvalue weighted by Crippen LogP contribution is -2.38. The van der Waals surface area contributed by atoms with Gasteiger partial charge in [-0.1, -0.05) is 36.4 Å². The Bertz CT molecular complexity index is 2900. The first-order chi connectivity index (χ1) is 40.6. The van der Waals surface area contributed by atoms with Gasteiger partial charge < -0.3 is 52.8 Å². The lowest BCUT2D eigenvalue weighted by Gasteiger charge is -2.28. The maximum Gasteiger partial charge on any atom is 0.410 e. The summed E-state index contributed by atoms with van der Waals surface area (Å²) in [4.78, 5) is 104. The Labute approximate surface area is 527 Å². The number of likely N-dealkylation sites (tertiary alicyclic amines) is 3. The van der Waals surface area contributed by atoms with Crippen LogP contribution in [-0.4, -0.2) is 148 Å². The largest absolute Gasteiger partial charge is 0.492 e. The number of benzene rings is 2. The van der Waals surface area contributed by atoms with E-state index in [4.69, 9.17) is 33.2 Å². The fraction of sp³-hybridized carbons (Fsp3) is 0.667. The molecular formula is C69H102N4O14S. The molecule has 3 aromatic rings. The fourth-order valence-corrected chi connectivity index (χ4v) is 12.2. The van der Waals surface area contributed by atoms with Gasteiger partial charge in [-0.25, -0.2) is 14.4 Å². The number of amides is 4. The molecule has 4 amide bonds. The number of rotatable bonds is 20. The Balaban J connectivity index is 1.23. The highest BCUT2D eigenvalue weighted by Crippen LogP contribution is 2.35. The van der Waals surface area contributed by atoms with Crippen molar-refractivity contribution in [3.8, 4) is 5.75 Å². The molecule has 3 fully saturated rings. The van der Waals surface area contributed by atoms with Crippen molar-refractivity contribution in [2.75, 3.05) is 52.4 Å². The van der Waals surface area contributed by atoms with Crippen molar-refractivity contribution in [1.29, 1.82) is 0 Å². The van der Waals surface area contributed by atoms with Crippen LogP contribution in [0.15, 0.2) is 60.0 Å². The van der Waals surface area contributed by atoms with Gasteiger partial charge in [0.05, 0.1) is 30.7 Å². The molecule has 3 aliphatic rings. The maximum atomic E-state index is 14.9. The summed E-state index contributed by atoms with van der Waals surface area (Å²) in [5.41, 5.74) is -0.718. The Kier molecular flexibility index (Phi) is 23.4. The van der Waals surface area contributed by atoms with Crippen LogP contribution >= 0.6 is 11.3 Å². The number of ether oxygens (including phenoxy) is 7. The van der Waals surface area contributed by atoms with Gasteiger partial charge in [-0.2, -0.15) is 0 Å². The minimum atomic E-state index is -0.736. The van der Waals surface area contributed by atoms with Crippen LogP contribution < -0.4 is 4.74 Å². The average Bonchev–Trinajstić information content (AvgIpc) is 4.02. The summed E-state index contributed by atoms with van der Waals surface area (Å²) in [5, 5.41) is 1.99. The topological polar surface area (TPSA) is 197 Å². The number of thiophene rings is 1. The Morgan fingerprint density at radius 3 is 1.24 bits per heavy atom. The third kappa shape index (κ3) is 23.2. The van der Waals surface area contributed by atoms with Gasteiger partial charge in [-0.15, -0.1) is 11.3 Å². The first-order valence-corrected chi connectivity index (χ1v) is 32.3. The molecule has 0 unspecified atom stereocenters. The first-order valence-electron chi connectivity index (χ1n) is 31.4. The summed E-state index contributed by atoms with van der Waals surface area (Å²) in [6.45, 7) is 36.0. The molecule has 6 rings (SSSR count). The number of carbonyl (C=O) groups excluding carboxylic acids is 7. The van der Waals surface area contributed by atoms with Crippen molar-refractivity contribution in [3.63, 3.8) is 0 Å². The summed E-state index contributed by atoms with van der Waals surface area (Å²) in [6.07, 6.45) is 1.73. The second-order valence-corrected chi connectivity index (χ2v) is 31.2. The summed E-state index contributed by atoms with van der Waals surface area (Å²) >= 11 is 1.45. The number of esters is 3. The molecule has 0 saturated carbocycles. The van der Waals surface area contributed by atoms with E-state index in [0.717, 1.165) is 27.1 Å². The molecule has 3 aliphatic heterocycles. The van der Waals surface area contributed by atoms with Crippen LogP contribution in [0.1, 0.15) is 171 Å². The number of hydrogen-bond acceptors (Lipinski definition) is 15. The van der Waals surface area contributed by atoms with E-state index >= 15 is 0 Å². The molecular weight excluding hydrogens is 1140 g/mol. The number of hydrogen-bond donors (Lipinski definition) is 0. The van der Waals surface area contributed by atoms with Crippen LogP contribution in [0.25, 0.3) is 0 Å². The number of carbonyl (C=O) groups is 7. The van der Waals surface area contributed by atoms with E-state index in [1.165, 1.54) is 11.3 Å². The predicted molar refractivity (Wildman–Crippen MR) is 339 cm³/mol. The van der Waals surface area contributed by atoms with Crippen molar-refractivity contribution >= 4 is 53.4 Å². The Hall–Kier alpha value is -6.37. The van der Waals surface area contributed by atoms with Gasteiger partial charge in [0, 0.05) is 50.7 Å². The number of nitrogens with zero attached hydrogens (tertiary/aromatic N) is 4. The third-order valence-electron chi connectivity index (χ3n) is 15.1. The van der Waals surface area contributed by atoms with E-state index in [-0.39, 0.29) is 67.7 Å². The van der Waals surface area contributed by atoms with E-state index in [2.05, 4.69) is 0 Å². The summed E-state index contributed by atoms with van der Waals surface area (Å²) in [7, 11) is 0. The van der Waals surface area contributed by atoms with E-state index in [0.29, 0.717) is 83.5 Å². The first kappa shape index (κ1) is 70.7. The molecule has 4 heterocycles. The lowest BCUT2D eigenvalue weighted by atomic mass is 9.85. The molecule has 2 aromatic carbocycles. The van der Waals surface area contributed by atoms with Gasteiger partial charge in [-0.3, -0.25) is 19.2 Å². The SMILES string of the molecule is CC(C)(C)OC(=O)[C@@H](Cc1cccc(CN(CCOc2cccc(C[C@H](C(=O)OC(C)(C)C)[C@H]3CCN(C(=O)OC(C)(C)C)C3)c2)C(=O)Cc2cc(C[C@H](C(=O)OC(C)(C)C)[C@H]3CCN(C(=O)OC(C)(C)C)C3)cs2)c1)[C@H]1CCN(C(=O)OC(C)(C)C)C1. The zero-order valence-corrected chi connectivity index (χ0v) is 56.8. The van der Waals surface area contributed by atoms with Crippen molar-refractivity contribution < 1.29 is 66.7 Å². The molecule has 19 heteroatoms. The molecule has 1 aromatic heterocycles. The minimum absolute atomic E-state index is 0.0713. The molecule has 0 spiro atoms. The van der Waals surface area contributed by atoms with E-state index < -0.39 is 69.6 Å². The van der Waals surface area contributed by atoms with Crippen LogP contribution in [0.5, 0.6) is 5.75 Å². The van der Waals surface area contributed by atoms with Crippen LogP contribution in [0.2, 0.25) is 0 Å². The summed E-state index contributed by atoms with van der Waals surface area (Å²) in [6, 6.07) is 17.4. The molecule has 0 aliphatic carbocycles. The van der Waals surface area contributed by atoms with E-state index in [1.807, 2.05) is 185 Å². The van der Waals surface area contributed by atoms with Crippen LogP contribution in [0.3, 0.4) is 0 Å². The van der Waals surface area contributed by atoms with Gasteiger partial charge in [0.15, 0.2) is 0 Å². The summed E-state index contributed by atoms with van der Waals surface area (Å²) in [5.74, 6) is -2.77. The van der Waals surface area contributed by atoms with E-state index in [1.54, 1.807) is 19.6 Å². The average molecular weight is 1240 g/mol. The standard InChI is InChI=1S/C69H102N4O14S/c1-64(2,3)82-58(75)54(49-25-28-71(41-49)61(78)85-67(10,11)12)36-45-21-19-23-47(33-45)40-70(57(74)39-53-35-48(44-88-53)38-56(60(77)84-66(7,8)9)51-27-30-73(43-51)63(80)87-69(16,17)18)31-32-81-52-24-20-22-46(34-52)37-55(59(76)83-65(4,5)6)50-26-29-72(42-50)62(79)86-68(13,14)15/h19-24,33-35,44,49-51,54-56H,25-32,36-43H2,1-18H3/t49-,50-,51-,54-,55-,56-/m0/s1. The maximum absolute atomic E-state index is 14.9. The molecule has 0 radical (unpaired) electrons. The van der Waals surface area contributed by atoms with E-state index in [9.17, 15) is 33.6 Å². The normalized spacial score (nSPS) is 18.7. The van der Waals surface area contributed by atoms with Gasteiger partial charge in [-0.05, 0) is 227 Å². The van der Waals surface area contributed by atoms with Crippen LogP contribution in [0.4, 0.5) is 14.4 Å². The highest BCUT2D eigenvalue weighted by atomic mass is 32.1. The highest BCUT2D eigenvalue weighted by molar-refractivity contribution is 7.10. The van der Waals surface area contributed by atoms with Crippen molar-refractivity contribution in [2.45, 2.75) is 210 Å². The third-order valence-corrected chi connectivity index (χ3v) is 16.1. The Morgan fingerprint density at radius 1 is 0.477 bits per heavy atom. The van der Waals surface area contributed by atoms with Crippen LogP contribution in [-0.2, 0) is 79.8 Å². The van der Waals surface area contributed by atoms with Gasteiger partial charge >= 0.3 is 36.2 Å². The van der Waals surface area contributed by atoms with Crippen LogP contribution in [0, 0.1) is 35.5 Å². The predicted octanol–water partition coefficient (Wildman–Crippen LogP) is 12.7. The van der Waals surface area contributed by atoms with Crippen molar-refractivity contribution in [2.24, 2.45) is 35.5 Å². The summed E-state index contributed by atoms with van der Waals surface area (Å²) < 4.78 is 41.5. The molecule has 0 bridgehead atoms. The molecule has 88 heavy (non-hydrogen) atoms. The van der Waals surface area contributed by atoms with Gasteiger partial charge in [0.1, 0.15) is 46.0 Å². The Morgan fingerprint density at radius 2 is 0.841 bits per heavy atom. The van der Waals surface area contributed by atoms with Gasteiger partial charge in [0.2, 0.25) is 5.91 Å². The zero-order valence-electron chi connectivity index (χ0n) is 56.0. The second-order valence-electron chi connectivity index (χ2n) is 30.2. The van der Waals surface area contributed by atoms with Gasteiger partial charge in [0.25, 0.3) is 0 Å². The van der Waals surface area contributed by atoms with Crippen molar-refractivity contribution in [1.82, 2.24) is 19.6 Å². The molecule has 18 nitrogen and oxygen atoms in total. The minimum Gasteiger partial charge on any atom is -0.492 e. The fourth-order valence-electron chi connectivity index (χ4n) is 11.3. The zero-order chi connectivity index (χ0) is 65.3. The molecule has 0 N–H and O–H groups in total. The lowest BCUT2D eigenvalue weighted by molar-refractivity contribution is -0.163. The smallest absolute Gasteiger partial charge is 0.410 e. The monoisotopic (exact) mass is 1240 g/mol. The molecule has 488 valence electrons. The highest BCUT2D eigenvalue weighted by Gasteiger charge is 2.43.